The molecule has 1 heterocycles. The Morgan fingerprint density at radius 1 is 1.00 bits per heavy atom. The first-order valence-electron chi connectivity index (χ1n) is 9.16. The molecule has 0 saturated heterocycles. The Morgan fingerprint density at radius 2 is 1.68 bits per heavy atom. The van der Waals surface area contributed by atoms with Crippen molar-refractivity contribution in [1.29, 1.82) is 0 Å². The van der Waals surface area contributed by atoms with Gasteiger partial charge < -0.3 is 5.32 Å². The monoisotopic (exact) mass is 491 g/mol. The molecule has 10 heteroatoms. The number of carbonyl (C=O) groups is 1. The second kappa shape index (κ2) is 10.8. The van der Waals surface area contributed by atoms with Gasteiger partial charge in [0.1, 0.15) is 0 Å². The van der Waals surface area contributed by atoms with Crippen LogP contribution in [-0.4, -0.2) is 21.0 Å². The number of aryl methyl sites for hydroxylation is 2. The number of hydrogen-bond donors (Lipinski definition) is 3. The summed E-state index contributed by atoms with van der Waals surface area (Å²) in [6.45, 7) is 3.90. The molecule has 3 aromatic rings. The van der Waals surface area contributed by atoms with E-state index in [-0.39, 0.29) is 11.0 Å². The zero-order valence-corrected chi connectivity index (χ0v) is 19.8. The van der Waals surface area contributed by atoms with E-state index in [1.807, 2.05) is 32.0 Å². The van der Waals surface area contributed by atoms with Crippen LogP contribution in [0, 0.1) is 13.8 Å². The maximum atomic E-state index is 12.3. The highest BCUT2D eigenvalue weighted by molar-refractivity contribution is 7.98. The molecule has 2 aromatic carbocycles. The van der Waals surface area contributed by atoms with Gasteiger partial charge in [-0.15, -0.1) is 0 Å². The number of amides is 1. The van der Waals surface area contributed by atoms with Gasteiger partial charge in [-0.25, -0.2) is 9.97 Å². The number of hydrogen-bond acceptors (Lipinski definition) is 5. The average molecular weight is 492 g/mol. The van der Waals surface area contributed by atoms with Crippen LogP contribution in [0.5, 0.6) is 0 Å². The number of thiocarbonyl (C=S) groups is 1. The van der Waals surface area contributed by atoms with Gasteiger partial charge in [0.15, 0.2) is 10.3 Å². The van der Waals surface area contributed by atoms with Crippen LogP contribution in [0.1, 0.15) is 27.3 Å². The highest BCUT2D eigenvalue weighted by Gasteiger charge is 2.08. The minimum absolute atomic E-state index is 0.194. The summed E-state index contributed by atoms with van der Waals surface area (Å²) in [5.41, 5.74) is 9.23. The Bertz CT molecular complexity index is 1090. The molecule has 0 bridgehead atoms. The fourth-order valence-electron chi connectivity index (χ4n) is 2.59. The van der Waals surface area contributed by atoms with Crippen molar-refractivity contribution in [3.05, 3.63) is 81.1 Å². The van der Waals surface area contributed by atoms with Crippen molar-refractivity contribution in [3.63, 3.8) is 0 Å². The van der Waals surface area contributed by atoms with E-state index in [1.165, 1.54) is 0 Å². The molecule has 1 amide bonds. The van der Waals surface area contributed by atoms with E-state index in [0.717, 1.165) is 22.1 Å². The molecule has 160 valence electrons. The molecule has 1 aromatic heterocycles. The molecule has 0 spiro atoms. The number of anilines is 1. The van der Waals surface area contributed by atoms with E-state index < -0.39 is 0 Å². The second-order valence-corrected chi connectivity index (χ2v) is 8.77. The summed E-state index contributed by atoms with van der Waals surface area (Å²) in [6, 6.07) is 14.2. The maximum absolute atomic E-state index is 12.3. The quantitative estimate of drug-likeness (QED) is 0.193. The van der Waals surface area contributed by atoms with Crippen molar-refractivity contribution < 1.29 is 4.79 Å². The first-order chi connectivity index (χ1) is 14.8. The van der Waals surface area contributed by atoms with Gasteiger partial charge in [-0.1, -0.05) is 47.1 Å². The predicted molar refractivity (Wildman–Crippen MR) is 131 cm³/mol. The fourth-order valence-corrected chi connectivity index (χ4v) is 4.11. The largest absolute Gasteiger partial charge is 0.330 e. The normalized spacial score (nSPS) is 10.5. The molecule has 0 aliphatic rings. The molecular weight excluding hydrogens is 473 g/mol. The van der Waals surface area contributed by atoms with Crippen LogP contribution in [0.2, 0.25) is 10.0 Å². The molecule has 0 aliphatic carbocycles. The van der Waals surface area contributed by atoms with Crippen LogP contribution >= 0.6 is 47.2 Å². The van der Waals surface area contributed by atoms with Crippen molar-refractivity contribution in [2.24, 2.45) is 0 Å². The number of aromatic nitrogens is 2. The van der Waals surface area contributed by atoms with Gasteiger partial charge >= 0.3 is 0 Å². The van der Waals surface area contributed by atoms with Crippen molar-refractivity contribution >= 4 is 63.9 Å². The minimum atomic E-state index is -0.316. The molecule has 0 fully saturated rings. The number of benzene rings is 2. The lowest BCUT2D eigenvalue weighted by molar-refractivity contribution is 0.0944. The molecule has 0 aliphatic heterocycles. The van der Waals surface area contributed by atoms with E-state index in [1.54, 1.807) is 42.1 Å². The van der Waals surface area contributed by atoms with Gasteiger partial charge in [-0.3, -0.25) is 15.6 Å². The molecule has 0 radical (unpaired) electrons. The van der Waals surface area contributed by atoms with Crippen LogP contribution in [-0.2, 0) is 5.75 Å². The Morgan fingerprint density at radius 3 is 2.32 bits per heavy atom. The number of nitrogens with one attached hydrogen (secondary N) is 3. The van der Waals surface area contributed by atoms with E-state index in [4.69, 9.17) is 35.4 Å². The Labute approximate surface area is 200 Å². The van der Waals surface area contributed by atoms with Crippen LogP contribution in [0.15, 0.2) is 53.7 Å². The van der Waals surface area contributed by atoms with Gasteiger partial charge in [0.05, 0.1) is 10.7 Å². The van der Waals surface area contributed by atoms with Gasteiger partial charge in [-0.05, 0) is 68.0 Å². The van der Waals surface area contributed by atoms with E-state index in [9.17, 15) is 4.79 Å². The van der Waals surface area contributed by atoms with Gasteiger partial charge in [0.2, 0.25) is 0 Å². The summed E-state index contributed by atoms with van der Waals surface area (Å²) >= 11 is 18.7. The molecule has 0 atom stereocenters. The smallest absolute Gasteiger partial charge is 0.269 e. The lowest BCUT2D eigenvalue weighted by Crippen LogP contribution is -2.43. The Kier molecular flexibility index (Phi) is 8.09. The summed E-state index contributed by atoms with van der Waals surface area (Å²) in [6.07, 6.45) is 0. The molecule has 0 unspecified atom stereocenters. The van der Waals surface area contributed by atoms with Crippen molar-refractivity contribution in [1.82, 2.24) is 20.8 Å². The summed E-state index contributed by atoms with van der Waals surface area (Å²) < 4.78 is 0. The van der Waals surface area contributed by atoms with Crippen LogP contribution < -0.4 is 16.2 Å². The molecule has 3 N–H and O–H groups in total. The van der Waals surface area contributed by atoms with Crippen LogP contribution in [0.3, 0.4) is 0 Å². The van der Waals surface area contributed by atoms with Crippen LogP contribution in [0.25, 0.3) is 0 Å². The molecule has 6 nitrogen and oxygen atoms in total. The van der Waals surface area contributed by atoms with Crippen molar-refractivity contribution in [2.45, 2.75) is 24.8 Å². The third-order valence-electron chi connectivity index (χ3n) is 4.01. The average Bonchev–Trinajstić information content (AvgIpc) is 2.72. The van der Waals surface area contributed by atoms with Crippen LogP contribution in [0.4, 0.5) is 5.69 Å². The van der Waals surface area contributed by atoms with E-state index >= 15 is 0 Å². The topological polar surface area (TPSA) is 78.9 Å². The molecule has 3 rings (SSSR count). The van der Waals surface area contributed by atoms with Crippen molar-refractivity contribution in [2.75, 3.05) is 5.32 Å². The Hall–Kier alpha value is -2.39. The zero-order chi connectivity index (χ0) is 22.4. The highest BCUT2D eigenvalue weighted by Crippen LogP contribution is 2.25. The van der Waals surface area contributed by atoms with Gasteiger partial charge in [0.25, 0.3) is 5.91 Å². The standard InChI is InChI=1S/C21H19Cl2N5OS2/c1-12-9-13(2)25-21(24-12)31-11-14-3-5-15(6-4-14)19(29)27-28-20(30)26-18-8-7-16(22)10-17(18)23/h3-10H,11H2,1-2H3,(H,27,29)(H2,26,28,30). The van der Waals surface area contributed by atoms with Crippen molar-refractivity contribution in [3.8, 4) is 0 Å². The summed E-state index contributed by atoms with van der Waals surface area (Å²) in [5.74, 6) is 0.391. The first kappa shape index (κ1) is 23.3. The number of nitrogens with zero attached hydrogens (tertiary/aromatic N) is 2. The van der Waals surface area contributed by atoms with Gasteiger partial charge in [0, 0.05) is 27.7 Å². The lowest BCUT2D eigenvalue weighted by atomic mass is 10.1. The van der Waals surface area contributed by atoms with Gasteiger partial charge in [-0.2, -0.15) is 0 Å². The van der Waals surface area contributed by atoms with E-state index in [0.29, 0.717) is 27.0 Å². The predicted octanol–water partition coefficient (Wildman–Crippen LogP) is 5.32. The number of thioether (sulfide) groups is 1. The number of hydrazine groups is 1. The number of rotatable bonds is 5. The maximum Gasteiger partial charge on any atom is 0.269 e. The molecule has 0 saturated carbocycles. The fraction of sp³-hybridized carbons (Fsp3) is 0.143. The molecule has 31 heavy (non-hydrogen) atoms. The first-order valence-corrected chi connectivity index (χ1v) is 11.3. The number of halogens is 2. The minimum Gasteiger partial charge on any atom is -0.330 e. The number of carbonyl (C=O) groups excluding carboxylic acids is 1. The summed E-state index contributed by atoms with van der Waals surface area (Å²) in [7, 11) is 0. The molecular formula is C21H19Cl2N5OS2. The van der Waals surface area contributed by atoms with E-state index in [2.05, 4.69) is 26.1 Å². The third-order valence-corrected chi connectivity index (χ3v) is 5.69. The third kappa shape index (κ3) is 7.07. The summed E-state index contributed by atoms with van der Waals surface area (Å²) in [4.78, 5) is 21.2. The Balaban J connectivity index is 1.49. The summed E-state index contributed by atoms with van der Waals surface area (Å²) in [5, 5.41) is 4.77. The lowest BCUT2D eigenvalue weighted by Gasteiger charge is -2.13. The zero-order valence-electron chi connectivity index (χ0n) is 16.7. The second-order valence-electron chi connectivity index (χ2n) is 6.58. The SMILES string of the molecule is Cc1cc(C)nc(SCc2ccc(C(=O)NNC(=S)Nc3ccc(Cl)cc3Cl)cc2)n1. The highest BCUT2D eigenvalue weighted by atomic mass is 35.5.